The van der Waals surface area contributed by atoms with E-state index >= 15 is 0 Å². The molecule has 0 saturated heterocycles. The molecule has 1 atom stereocenters. The summed E-state index contributed by atoms with van der Waals surface area (Å²) in [5.74, 6) is 1.95. The van der Waals surface area contributed by atoms with E-state index in [1.807, 2.05) is 6.92 Å². The van der Waals surface area contributed by atoms with Crippen molar-refractivity contribution in [3.63, 3.8) is 0 Å². The first-order valence-electron chi connectivity index (χ1n) is 8.79. The molecule has 1 aromatic carbocycles. The Balaban J connectivity index is 1.94. The molecule has 0 bridgehead atoms. The van der Waals surface area contributed by atoms with Gasteiger partial charge < -0.3 is 10.1 Å². The lowest BCUT2D eigenvalue weighted by Gasteiger charge is -2.25. The lowest BCUT2D eigenvalue weighted by atomic mass is 9.84. The van der Waals surface area contributed by atoms with Gasteiger partial charge in [0.25, 0.3) is 0 Å². The largest absolute Gasteiger partial charge is 0.494 e. The van der Waals surface area contributed by atoms with E-state index in [2.05, 4.69) is 36.5 Å². The lowest BCUT2D eigenvalue weighted by molar-refractivity contribution is 0.314. The monoisotopic (exact) mass is 289 g/mol. The molecular formula is C19H31NO. The molecule has 0 aromatic heterocycles. The van der Waals surface area contributed by atoms with Crippen LogP contribution in [-0.4, -0.2) is 13.2 Å². The van der Waals surface area contributed by atoms with Crippen molar-refractivity contribution in [1.29, 1.82) is 0 Å². The van der Waals surface area contributed by atoms with Crippen LogP contribution >= 0.6 is 0 Å². The Kier molecular flexibility index (Phi) is 7.08. The Labute approximate surface area is 130 Å². The lowest BCUT2D eigenvalue weighted by Crippen LogP contribution is -2.22. The van der Waals surface area contributed by atoms with Crippen molar-refractivity contribution in [3.05, 3.63) is 29.8 Å². The van der Waals surface area contributed by atoms with Gasteiger partial charge in [0.1, 0.15) is 5.75 Å². The zero-order valence-corrected chi connectivity index (χ0v) is 13.7. The summed E-state index contributed by atoms with van der Waals surface area (Å²) in [6.07, 6.45) is 9.82. The molecule has 21 heavy (non-hydrogen) atoms. The molecule has 1 aliphatic carbocycles. The summed E-state index contributed by atoms with van der Waals surface area (Å²) in [6, 6.07) is 9.08. The number of benzene rings is 1. The van der Waals surface area contributed by atoms with E-state index in [4.69, 9.17) is 4.74 Å². The van der Waals surface area contributed by atoms with Crippen LogP contribution in [0.5, 0.6) is 5.75 Å². The van der Waals surface area contributed by atoms with E-state index < -0.39 is 0 Å². The van der Waals surface area contributed by atoms with Crippen LogP contribution in [0.25, 0.3) is 0 Å². The topological polar surface area (TPSA) is 21.3 Å². The maximum atomic E-state index is 5.64. The van der Waals surface area contributed by atoms with Crippen LogP contribution in [0.3, 0.4) is 0 Å². The van der Waals surface area contributed by atoms with Crippen LogP contribution in [0.2, 0.25) is 0 Å². The second-order valence-corrected chi connectivity index (χ2v) is 6.20. The molecule has 1 N–H and O–H groups in total. The third-order valence-electron chi connectivity index (χ3n) is 4.61. The minimum absolute atomic E-state index is 0.470. The van der Waals surface area contributed by atoms with E-state index in [-0.39, 0.29) is 0 Å². The Morgan fingerprint density at radius 2 is 2.00 bits per heavy atom. The average molecular weight is 289 g/mol. The van der Waals surface area contributed by atoms with Gasteiger partial charge in [0.05, 0.1) is 6.61 Å². The van der Waals surface area contributed by atoms with Crippen molar-refractivity contribution < 1.29 is 4.74 Å². The zero-order valence-electron chi connectivity index (χ0n) is 13.7. The van der Waals surface area contributed by atoms with Crippen molar-refractivity contribution >= 4 is 0 Å². The predicted octanol–water partition coefficient (Wildman–Crippen LogP) is 5.10. The molecule has 0 heterocycles. The SMILES string of the molecule is CCNC(CCC1CCCCC1)c1cccc(OCC)c1. The van der Waals surface area contributed by atoms with Gasteiger partial charge in [-0.05, 0) is 49.9 Å². The normalized spacial score (nSPS) is 17.6. The first-order chi connectivity index (χ1) is 10.3. The second-order valence-electron chi connectivity index (χ2n) is 6.20. The minimum Gasteiger partial charge on any atom is -0.494 e. The fourth-order valence-electron chi connectivity index (χ4n) is 3.50. The Morgan fingerprint density at radius 3 is 2.71 bits per heavy atom. The Bertz CT molecular complexity index is 398. The molecular weight excluding hydrogens is 258 g/mol. The summed E-state index contributed by atoms with van der Waals surface area (Å²) in [6.45, 7) is 5.99. The fraction of sp³-hybridized carbons (Fsp3) is 0.684. The molecule has 0 radical (unpaired) electrons. The van der Waals surface area contributed by atoms with Crippen LogP contribution < -0.4 is 10.1 Å². The van der Waals surface area contributed by atoms with Crippen LogP contribution in [0.4, 0.5) is 0 Å². The van der Waals surface area contributed by atoms with Crippen LogP contribution in [0.1, 0.15) is 70.4 Å². The van der Waals surface area contributed by atoms with Crippen molar-refractivity contribution in [1.82, 2.24) is 5.32 Å². The zero-order chi connectivity index (χ0) is 14.9. The van der Waals surface area contributed by atoms with Gasteiger partial charge in [0, 0.05) is 6.04 Å². The second kappa shape index (κ2) is 9.09. The van der Waals surface area contributed by atoms with Crippen molar-refractivity contribution in [2.75, 3.05) is 13.2 Å². The molecule has 0 amide bonds. The highest BCUT2D eigenvalue weighted by atomic mass is 16.5. The van der Waals surface area contributed by atoms with Crippen molar-refractivity contribution in [2.24, 2.45) is 5.92 Å². The molecule has 2 heteroatoms. The molecule has 2 rings (SSSR count). The third-order valence-corrected chi connectivity index (χ3v) is 4.61. The van der Waals surface area contributed by atoms with Crippen molar-refractivity contribution in [2.45, 2.75) is 64.8 Å². The number of hydrogen-bond acceptors (Lipinski definition) is 2. The first kappa shape index (κ1) is 16.4. The van der Waals surface area contributed by atoms with E-state index in [9.17, 15) is 0 Å². The maximum Gasteiger partial charge on any atom is 0.119 e. The number of ether oxygens (including phenoxy) is 1. The summed E-state index contributed by atoms with van der Waals surface area (Å²) >= 11 is 0. The molecule has 1 aliphatic rings. The van der Waals surface area contributed by atoms with E-state index in [0.29, 0.717) is 6.04 Å². The van der Waals surface area contributed by atoms with Crippen LogP contribution in [0.15, 0.2) is 24.3 Å². The molecule has 1 aromatic rings. The third kappa shape index (κ3) is 5.35. The molecule has 1 saturated carbocycles. The smallest absolute Gasteiger partial charge is 0.119 e. The average Bonchev–Trinajstić information content (AvgIpc) is 2.53. The molecule has 1 fully saturated rings. The van der Waals surface area contributed by atoms with Gasteiger partial charge in [-0.2, -0.15) is 0 Å². The summed E-state index contributed by atoms with van der Waals surface area (Å²) in [5, 5.41) is 3.65. The number of hydrogen-bond donors (Lipinski definition) is 1. The van der Waals surface area contributed by atoms with E-state index in [1.54, 1.807) is 0 Å². The molecule has 1 unspecified atom stereocenters. The van der Waals surface area contributed by atoms with Gasteiger partial charge in [-0.25, -0.2) is 0 Å². The van der Waals surface area contributed by atoms with Gasteiger partial charge in [0.15, 0.2) is 0 Å². The quantitative estimate of drug-likeness (QED) is 0.719. The molecule has 0 aliphatic heterocycles. The van der Waals surface area contributed by atoms with Crippen molar-refractivity contribution in [3.8, 4) is 5.75 Å². The van der Waals surface area contributed by atoms with Gasteiger partial charge in [-0.15, -0.1) is 0 Å². The highest BCUT2D eigenvalue weighted by Gasteiger charge is 2.17. The Morgan fingerprint density at radius 1 is 1.19 bits per heavy atom. The molecule has 118 valence electrons. The molecule has 2 nitrogen and oxygen atoms in total. The van der Waals surface area contributed by atoms with E-state index in [1.165, 1.54) is 50.5 Å². The van der Waals surface area contributed by atoms with Gasteiger partial charge in [0.2, 0.25) is 0 Å². The highest BCUT2D eigenvalue weighted by Crippen LogP contribution is 2.31. The van der Waals surface area contributed by atoms with Gasteiger partial charge in [-0.1, -0.05) is 51.2 Å². The first-order valence-corrected chi connectivity index (χ1v) is 8.79. The fourth-order valence-corrected chi connectivity index (χ4v) is 3.50. The predicted molar refractivity (Wildman–Crippen MR) is 89.8 cm³/mol. The number of rotatable bonds is 8. The standard InChI is InChI=1S/C19H31NO/c1-3-20-19(14-13-16-9-6-5-7-10-16)17-11-8-12-18(15-17)21-4-2/h8,11-12,15-16,19-20H,3-7,9-10,13-14H2,1-2H3. The minimum atomic E-state index is 0.470. The van der Waals surface area contributed by atoms with Gasteiger partial charge >= 0.3 is 0 Å². The van der Waals surface area contributed by atoms with Gasteiger partial charge in [-0.3, -0.25) is 0 Å². The maximum absolute atomic E-state index is 5.64. The molecule has 0 spiro atoms. The Hall–Kier alpha value is -1.02. The van der Waals surface area contributed by atoms with Crippen LogP contribution in [0, 0.1) is 5.92 Å². The summed E-state index contributed by atoms with van der Waals surface area (Å²) in [4.78, 5) is 0. The summed E-state index contributed by atoms with van der Waals surface area (Å²) in [5.41, 5.74) is 1.37. The summed E-state index contributed by atoms with van der Waals surface area (Å²) < 4.78 is 5.64. The number of nitrogens with one attached hydrogen (secondary N) is 1. The van der Waals surface area contributed by atoms with E-state index in [0.717, 1.165) is 24.8 Å². The summed E-state index contributed by atoms with van der Waals surface area (Å²) in [7, 11) is 0. The van der Waals surface area contributed by atoms with Crippen LogP contribution in [-0.2, 0) is 0 Å². The highest BCUT2D eigenvalue weighted by molar-refractivity contribution is 5.30.